The maximum absolute atomic E-state index is 6.90. The number of benzene rings is 1. The molecule has 3 nitrogen and oxygen atoms in total. The van der Waals surface area contributed by atoms with E-state index in [4.69, 9.17) is 11.3 Å². The van der Waals surface area contributed by atoms with E-state index in [2.05, 4.69) is 4.85 Å². The van der Waals surface area contributed by atoms with Crippen molar-refractivity contribution < 1.29 is 4.74 Å². The first-order chi connectivity index (χ1) is 7.17. The summed E-state index contributed by atoms with van der Waals surface area (Å²) < 4.78 is 5.21. The van der Waals surface area contributed by atoms with E-state index in [1.165, 1.54) is 0 Å². The van der Waals surface area contributed by atoms with E-state index >= 15 is 0 Å². The van der Waals surface area contributed by atoms with Crippen molar-refractivity contribution >= 4 is 11.8 Å². The molecule has 0 bridgehead atoms. The summed E-state index contributed by atoms with van der Waals surface area (Å²) in [5.74, 6) is 0.724. The molecule has 1 aromatic rings. The monoisotopic (exact) mass is 202 g/mol. The van der Waals surface area contributed by atoms with Gasteiger partial charge in [0.25, 0.3) is 0 Å². The number of methoxy groups -OCH3 is 1. The molecule has 0 heterocycles. The molecule has 0 fully saturated rings. The molecule has 1 rings (SSSR count). The Kier molecular flexibility index (Phi) is 3.75. The maximum Gasteiger partial charge on any atom is 0.190 e. The fourth-order valence-corrected chi connectivity index (χ4v) is 1.14. The molecule has 0 aliphatic heterocycles. The summed E-state index contributed by atoms with van der Waals surface area (Å²) >= 11 is 0. The molecular formula is C12H14N2O. The van der Waals surface area contributed by atoms with Gasteiger partial charge in [-0.05, 0) is 18.3 Å². The molecule has 0 spiro atoms. The first kappa shape index (κ1) is 11.1. The third-order valence-corrected chi connectivity index (χ3v) is 1.90. The van der Waals surface area contributed by atoms with Crippen molar-refractivity contribution in [1.82, 2.24) is 4.90 Å². The molecule has 0 atom stereocenters. The van der Waals surface area contributed by atoms with Crippen molar-refractivity contribution in [3.05, 3.63) is 41.4 Å². The lowest BCUT2D eigenvalue weighted by Crippen LogP contribution is -1.99. The molecule has 0 aliphatic rings. The fourth-order valence-electron chi connectivity index (χ4n) is 1.14. The molecule has 15 heavy (non-hydrogen) atoms. The lowest BCUT2D eigenvalue weighted by atomic mass is 10.2. The molecule has 0 saturated heterocycles. The van der Waals surface area contributed by atoms with E-state index in [0.29, 0.717) is 5.69 Å². The fraction of sp³-hybridized carbons (Fsp3) is 0.250. The molecule has 1 aromatic carbocycles. The van der Waals surface area contributed by atoms with Gasteiger partial charge in [0.15, 0.2) is 5.69 Å². The highest BCUT2D eigenvalue weighted by molar-refractivity contribution is 5.63. The second-order valence-electron chi connectivity index (χ2n) is 3.32. The van der Waals surface area contributed by atoms with Crippen molar-refractivity contribution in [3.8, 4) is 5.75 Å². The third-order valence-electron chi connectivity index (χ3n) is 1.90. The third kappa shape index (κ3) is 3.03. The number of hydrogen-bond acceptors (Lipinski definition) is 2. The van der Waals surface area contributed by atoms with Crippen LogP contribution in [0.2, 0.25) is 0 Å². The average molecular weight is 202 g/mol. The quantitative estimate of drug-likeness (QED) is 0.701. The van der Waals surface area contributed by atoms with Crippen molar-refractivity contribution in [2.45, 2.75) is 0 Å². The summed E-state index contributed by atoms with van der Waals surface area (Å²) in [5.41, 5.74) is 1.56. The van der Waals surface area contributed by atoms with Crippen molar-refractivity contribution in [2.24, 2.45) is 0 Å². The van der Waals surface area contributed by atoms with Gasteiger partial charge >= 0.3 is 0 Å². The Morgan fingerprint density at radius 2 is 2.13 bits per heavy atom. The zero-order valence-corrected chi connectivity index (χ0v) is 9.19. The number of ether oxygens (including phenoxy) is 1. The average Bonchev–Trinajstić information content (AvgIpc) is 2.25. The molecular weight excluding hydrogens is 188 g/mol. The van der Waals surface area contributed by atoms with Crippen LogP contribution in [0.1, 0.15) is 5.56 Å². The van der Waals surface area contributed by atoms with E-state index in [1.807, 2.05) is 37.3 Å². The van der Waals surface area contributed by atoms with E-state index < -0.39 is 0 Å². The Hall–Kier alpha value is -1.95. The minimum Gasteiger partial charge on any atom is -0.497 e. The van der Waals surface area contributed by atoms with Crippen LogP contribution in [0.4, 0.5) is 5.69 Å². The molecule has 0 N–H and O–H groups in total. The van der Waals surface area contributed by atoms with Crippen LogP contribution in [0.15, 0.2) is 24.4 Å². The van der Waals surface area contributed by atoms with Crippen LogP contribution >= 0.6 is 0 Å². The van der Waals surface area contributed by atoms with Crippen molar-refractivity contribution in [3.63, 3.8) is 0 Å². The van der Waals surface area contributed by atoms with Crippen LogP contribution in [0.5, 0.6) is 5.75 Å². The largest absolute Gasteiger partial charge is 0.497 e. The SMILES string of the molecule is [C-]#[N+]c1ccc(/C=C/N(C)C)c(OC)c1. The first-order valence-electron chi connectivity index (χ1n) is 4.57. The number of rotatable bonds is 3. The van der Waals surface area contributed by atoms with Gasteiger partial charge in [-0.1, -0.05) is 12.1 Å². The number of nitrogens with zero attached hydrogens (tertiary/aromatic N) is 2. The van der Waals surface area contributed by atoms with Gasteiger partial charge in [-0.15, -0.1) is 0 Å². The summed E-state index contributed by atoms with van der Waals surface area (Å²) in [6, 6.07) is 5.40. The lowest BCUT2D eigenvalue weighted by Gasteiger charge is -2.07. The van der Waals surface area contributed by atoms with E-state index in [-0.39, 0.29) is 0 Å². The minimum absolute atomic E-state index is 0.592. The lowest BCUT2D eigenvalue weighted by molar-refractivity contribution is 0.414. The summed E-state index contributed by atoms with van der Waals surface area (Å²) in [5, 5.41) is 0. The highest BCUT2D eigenvalue weighted by atomic mass is 16.5. The summed E-state index contributed by atoms with van der Waals surface area (Å²) in [4.78, 5) is 5.30. The van der Waals surface area contributed by atoms with Gasteiger partial charge in [-0.3, -0.25) is 0 Å². The van der Waals surface area contributed by atoms with E-state index in [0.717, 1.165) is 11.3 Å². The van der Waals surface area contributed by atoms with Crippen LogP contribution < -0.4 is 4.74 Å². The van der Waals surface area contributed by atoms with Gasteiger partial charge in [0.2, 0.25) is 0 Å². The van der Waals surface area contributed by atoms with E-state index in [9.17, 15) is 0 Å². The Balaban J connectivity index is 3.04. The molecule has 0 amide bonds. The predicted molar refractivity (Wildman–Crippen MR) is 62.0 cm³/mol. The Bertz CT molecular complexity index is 403. The van der Waals surface area contributed by atoms with Gasteiger partial charge in [0.05, 0.1) is 13.7 Å². The van der Waals surface area contributed by atoms with Crippen molar-refractivity contribution in [2.75, 3.05) is 21.2 Å². The molecule has 0 aliphatic carbocycles. The van der Waals surface area contributed by atoms with Gasteiger partial charge in [0, 0.05) is 19.7 Å². The van der Waals surface area contributed by atoms with Crippen LogP contribution in [0.3, 0.4) is 0 Å². The Labute approximate surface area is 90.4 Å². The second-order valence-corrected chi connectivity index (χ2v) is 3.32. The molecule has 78 valence electrons. The molecule has 0 aromatic heterocycles. The molecule has 0 saturated carbocycles. The maximum atomic E-state index is 6.90. The molecule has 0 unspecified atom stereocenters. The van der Waals surface area contributed by atoms with Crippen LogP contribution in [0, 0.1) is 6.57 Å². The highest BCUT2D eigenvalue weighted by Gasteiger charge is 2.00. The summed E-state index contributed by atoms with van der Waals surface area (Å²) in [7, 11) is 5.52. The second kappa shape index (κ2) is 5.06. The molecule has 0 radical (unpaired) electrons. The van der Waals surface area contributed by atoms with Crippen LogP contribution in [-0.2, 0) is 0 Å². The Morgan fingerprint density at radius 1 is 1.40 bits per heavy atom. The van der Waals surface area contributed by atoms with Gasteiger partial charge in [-0.2, -0.15) is 0 Å². The first-order valence-corrected chi connectivity index (χ1v) is 4.57. The van der Waals surface area contributed by atoms with Gasteiger partial charge in [-0.25, -0.2) is 4.85 Å². The topological polar surface area (TPSA) is 16.8 Å². The van der Waals surface area contributed by atoms with Gasteiger partial charge in [0.1, 0.15) is 5.75 Å². The smallest absolute Gasteiger partial charge is 0.190 e. The van der Waals surface area contributed by atoms with Crippen LogP contribution in [0.25, 0.3) is 10.9 Å². The standard InChI is InChI=1S/C12H14N2O/c1-13-11-6-5-10(7-8-14(2)3)12(9-11)15-4/h5-9H,2-4H3/b8-7+. The Morgan fingerprint density at radius 3 is 2.67 bits per heavy atom. The minimum atomic E-state index is 0.592. The van der Waals surface area contributed by atoms with Crippen molar-refractivity contribution in [1.29, 1.82) is 0 Å². The highest BCUT2D eigenvalue weighted by Crippen LogP contribution is 2.25. The van der Waals surface area contributed by atoms with Gasteiger partial charge < -0.3 is 9.64 Å². The zero-order valence-electron chi connectivity index (χ0n) is 9.19. The van der Waals surface area contributed by atoms with Crippen LogP contribution in [-0.4, -0.2) is 26.1 Å². The van der Waals surface area contributed by atoms with E-state index in [1.54, 1.807) is 19.2 Å². The zero-order chi connectivity index (χ0) is 11.3. The summed E-state index contributed by atoms with van der Waals surface area (Å²) in [6.07, 6.45) is 3.89. The predicted octanol–water partition coefficient (Wildman–Crippen LogP) is 2.78. The summed E-state index contributed by atoms with van der Waals surface area (Å²) in [6.45, 7) is 6.90. The molecule has 3 heteroatoms. The number of hydrogen-bond donors (Lipinski definition) is 0. The normalized spacial score (nSPS) is 10.0.